The lowest BCUT2D eigenvalue weighted by molar-refractivity contribution is -0.115. The molecule has 2 heterocycles. The number of carbonyl (C=O) groups is 1. The van der Waals surface area contributed by atoms with E-state index in [1.54, 1.807) is 24.5 Å². The first-order valence-electron chi connectivity index (χ1n) is 5.53. The molecule has 0 fully saturated rings. The van der Waals surface area contributed by atoms with Gasteiger partial charge in [-0.2, -0.15) is 0 Å². The fourth-order valence-corrected chi connectivity index (χ4v) is 2.05. The zero-order valence-corrected chi connectivity index (χ0v) is 10.8. The molecule has 0 spiro atoms. The lowest BCUT2D eigenvalue weighted by atomic mass is 10.2. The average Bonchev–Trinajstić information content (AvgIpc) is 2.85. The number of thiazole rings is 1. The van der Waals surface area contributed by atoms with Crippen LogP contribution in [0.1, 0.15) is 10.6 Å². The number of anilines is 1. The Hall–Kier alpha value is -2.23. The Labute approximate surface area is 114 Å². The Balaban J connectivity index is 1.94. The SMILES string of the molecule is O=C(Cc1ccccn1)Nc1ncc(C#CCO)s1. The van der Waals surface area contributed by atoms with Gasteiger partial charge in [0.2, 0.25) is 5.91 Å². The van der Waals surface area contributed by atoms with Crippen molar-refractivity contribution >= 4 is 22.4 Å². The third kappa shape index (κ3) is 4.17. The molecule has 2 aromatic rings. The van der Waals surface area contributed by atoms with Crippen molar-refractivity contribution < 1.29 is 9.90 Å². The lowest BCUT2D eigenvalue weighted by Gasteiger charge is -2.00. The highest BCUT2D eigenvalue weighted by molar-refractivity contribution is 7.16. The van der Waals surface area contributed by atoms with Gasteiger partial charge in [-0.3, -0.25) is 9.78 Å². The maximum atomic E-state index is 11.7. The molecule has 0 atom stereocenters. The summed E-state index contributed by atoms with van der Waals surface area (Å²) in [6, 6.07) is 5.43. The summed E-state index contributed by atoms with van der Waals surface area (Å²) < 4.78 is 0. The second kappa shape index (κ2) is 6.64. The molecule has 5 nitrogen and oxygen atoms in total. The maximum absolute atomic E-state index is 11.7. The summed E-state index contributed by atoms with van der Waals surface area (Å²) >= 11 is 1.26. The molecule has 1 amide bonds. The monoisotopic (exact) mass is 273 g/mol. The van der Waals surface area contributed by atoms with E-state index in [9.17, 15) is 4.79 Å². The predicted octanol–water partition coefficient (Wildman–Crippen LogP) is 1.06. The van der Waals surface area contributed by atoms with Crippen LogP contribution in [0.15, 0.2) is 30.6 Å². The highest BCUT2D eigenvalue weighted by atomic mass is 32.1. The first kappa shape index (κ1) is 13.2. The van der Waals surface area contributed by atoms with Crippen molar-refractivity contribution in [1.29, 1.82) is 0 Å². The van der Waals surface area contributed by atoms with Gasteiger partial charge in [0.05, 0.1) is 17.5 Å². The molecule has 0 unspecified atom stereocenters. The first-order valence-corrected chi connectivity index (χ1v) is 6.35. The number of amides is 1. The zero-order valence-electron chi connectivity index (χ0n) is 9.96. The van der Waals surface area contributed by atoms with Crippen molar-refractivity contribution in [1.82, 2.24) is 9.97 Å². The summed E-state index contributed by atoms with van der Waals surface area (Å²) in [5, 5.41) is 11.8. The molecule has 2 N–H and O–H groups in total. The fourth-order valence-electron chi connectivity index (χ4n) is 1.35. The molecule has 0 aliphatic rings. The normalized spacial score (nSPS) is 9.53. The van der Waals surface area contributed by atoms with Gasteiger partial charge in [0.1, 0.15) is 6.61 Å². The van der Waals surface area contributed by atoms with E-state index in [0.717, 1.165) is 0 Å². The molecular formula is C13H11N3O2S. The van der Waals surface area contributed by atoms with Gasteiger partial charge in [-0.15, -0.1) is 0 Å². The fraction of sp³-hybridized carbons (Fsp3) is 0.154. The smallest absolute Gasteiger partial charge is 0.232 e. The van der Waals surface area contributed by atoms with E-state index in [-0.39, 0.29) is 18.9 Å². The number of pyridine rings is 1. The van der Waals surface area contributed by atoms with Crippen LogP contribution < -0.4 is 5.32 Å². The van der Waals surface area contributed by atoms with Gasteiger partial charge in [0.25, 0.3) is 0 Å². The van der Waals surface area contributed by atoms with Gasteiger partial charge >= 0.3 is 0 Å². The summed E-state index contributed by atoms with van der Waals surface area (Å²) in [6.45, 7) is -0.195. The third-order valence-electron chi connectivity index (χ3n) is 2.11. The molecule has 96 valence electrons. The van der Waals surface area contributed by atoms with Crippen molar-refractivity contribution in [3.63, 3.8) is 0 Å². The molecule has 0 saturated carbocycles. The van der Waals surface area contributed by atoms with Crippen LogP contribution >= 0.6 is 11.3 Å². The van der Waals surface area contributed by atoms with Gasteiger partial charge in [-0.25, -0.2) is 4.98 Å². The molecule has 0 bridgehead atoms. The minimum absolute atomic E-state index is 0.172. The van der Waals surface area contributed by atoms with Gasteiger partial charge in [-0.1, -0.05) is 29.2 Å². The molecule has 2 rings (SSSR count). The van der Waals surface area contributed by atoms with Crippen molar-refractivity contribution in [3.8, 4) is 11.8 Å². The number of aliphatic hydroxyl groups is 1. The number of nitrogens with zero attached hydrogens (tertiary/aromatic N) is 2. The van der Waals surface area contributed by atoms with Crippen LogP contribution in [-0.2, 0) is 11.2 Å². The Morgan fingerprint density at radius 3 is 3.05 bits per heavy atom. The number of aliphatic hydroxyl groups excluding tert-OH is 1. The minimum Gasteiger partial charge on any atom is -0.384 e. The Kier molecular flexibility index (Phi) is 4.61. The van der Waals surface area contributed by atoms with E-state index in [2.05, 4.69) is 27.1 Å². The second-order valence-electron chi connectivity index (χ2n) is 3.54. The molecule has 0 saturated heterocycles. The highest BCUT2D eigenvalue weighted by Gasteiger charge is 2.07. The van der Waals surface area contributed by atoms with E-state index in [1.165, 1.54) is 11.3 Å². The number of rotatable bonds is 3. The maximum Gasteiger partial charge on any atom is 0.232 e. The average molecular weight is 273 g/mol. The molecule has 0 aliphatic heterocycles. The van der Waals surface area contributed by atoms with Gasteiger partial charge in [0.15, 0.2) is 5.13 Å². The van der Waals surface area contributed by atoms with Crippen LogP contribution in [-0.4, -0.2) is 27.6 Å². The summed E-state index contributed by atoms with van der Waals surface area (Å²) in [4.78, 5) is 20.6. The topological polar surface area (TPSA) is 75.1 Å². The van der Waals surface area contributed by atoms with Crippen molar-refractivity contribution in [2.75, 3.05) is 11.9 Å². The second-order valence-corrected chi connectivity index (χ2v) is 4.57. The van der Waals surface area contributed by atoms with Crippen LogP contribution in [0.5, 0.6) is 0 Å². The molecule has 0 aromatic carbocycles. The van der Waals surface area contributed by atoms with E-state index in [1.807, 2.05) is 6.07 Å². The molecule has 0 aliphatic carbocycles. The van der Waals surface area contributed by atoms with Crippen LogP contribution in [0.25, 0.3) is 0 Å². The minimum atomic E-state index is -0.195. The Morgan fingerprint density at radius 2 is 2.32 bits per heavy atom. The van der Waals surface area contributed by atoms with Gasteiger partial charge < -0.3 is 10.4 Å². The highest BCUT2D eigenvalue weighted by Crippen LogP contribution is 2.17. The standard InChI is InChI=1S/C13H11N3O2S/c17-7-3-5-11-9-15-13(19-11)16-12(18)8-10-4-1-2-6-14-10/h1-2,4,6,9,17H,7-8H2,(H,15,16,18). The summed E-state index contributed by atoms with van der Waals surface area (Å²) in [5.74, 6) is 5.08. The number of nitrogens with one attached hydrogen (secondary N) is 1. The van der Waals surface area contributed by atoms with Crippen molar-refractivity contribution in [2.45, 2.75) is 6.42 Å². The van der Waals surface area contributed by atoms with Crippen molar-refractivity contribution in [3.05, 3.63) is 41.2 Å². The van der Waals surface area contributed by atoms with Gasteiger partial charge in [0, 0.05) is 11.9 Å². The van der Waals surface area contributed by atoms with Gasteiger partial charge in [-0.05, 0) is 12.1 Å². The van der Waals surface area contributed by atoms with Crippen LogP contribution in [0, 0.1) is 11.8 Å². The first-order chi connectivity index (χ1) is 9.28. The Morgan fingerprint density at radius 1 is 1.42 bits per heavy atom. The van der Waals surface area contributed by atoms with E-state index >= 15 is 0 Å². The van der Waals surface area contributed by atoms with Crippen LogP contribution in [0.4, 0.5) is 5.13 Å². The molecular weight excluding hydrogens is 262 g/mol. The third-order valence-corrected chi connectivity index (χ3v) is 2.94. The molecule has 2 aromatic heterocycles. The molecule has 19 heavy (non-hydrogen) atoms. The van der Waals surface area contributed by atoms with Crippen LogP contribution in [0.2, 0.25) is 0 Å². The Bertz CT molecular complexity index is 614. The van der Waals surface area contributed by atoms with Crippen molar-refractivity contribution in [2.24, 2.45) is 0 Å². The summed E-state index contributed by atoms with van der Waals surface area (Å²) in [7, 11) is 0. The number of aromatic nitrogens is 2. The summed E-state index contributed by atoms with van der Waals surface area (Å²) in [6.07, 6.45) is 3.41. The summed E-state index contributed by atoms with van der Waals surface area (Å²) in [5.41, 5.74) is 0.705. The zero-order chi connectivity index (χ0) is 13.5. The lowest BCUT2D eigenvalue weighted by Crippen LogP contribution is -2.14. The molecule has 0 radical (unpaired) electrons. The van der Waals surface area contributed by atoms with E-state index in [0.29, 0.717) is 15.7 Å². The van der Waals surface area contributed by atoms with E-state index in [4.69, 9.17) is 5.11 Å². The number of hydrogen-bond acceptors (Lipinski definition) is 5. The molecule has 6 heteroatoms. The predicted molar refractivity (Wildman–Crippen MR) is 72.6 cm³/mol. The largest absolute Gasteiger partial charge is 0.384 e. The van der Waals surface area contributed by atoms with E-state index < -0.39 is 0 Å². The quantitative estimate of drug-likeness (QED) is 0.820. The number of carbonyl (C=O) groups excluding carboxylic acids is 1. The van der Waals surface area contributed by atoms with Crippen LogP contribution in [0.3, 0.4) is 0 Å². The number of hydrogen-bond donors (Lipinski definition) is 2.